The maximum atomic E-state index is 12.4. The highest BCUT2D eigenvalue weighted by Gasteiger charge is 2.14. The van der Waals surface area contributed by atoms with Crippen LogP contribution in [-0.4, -0.2) is 42.2 Å². The van der Waals surface area contributed by atoms with Crippen molar-refractivity contribution in [1.29, 1.82) is 0 Å². The van der Waals surface area contributed by atoms with E-state index in [2.05, 4.69) is 11.8 Å². The number of rotatable bonds is 5. The molecule has 1 aromatic carbocycles. The third-order valence-electron chi connectivity index (χ3n) is 3.06. The van der Waals surface area contributed by atoms with E-state index in [1.165, 1.54) is 0 Å². The Morgan fingerprint density at radius 3 is 2.80 bits per heavy atom. The fourth-order valence-corrected chi connectivity index (χ4v) is 1.88. The molecule has 1 amide bonds. The third kappa shape index (κ3) is 4.37. The molecule has 0 heterocycles. The van der Waals surface area contributed by atoms with Crippen LogP contribution in [0.15, 0.2) is 18.2 Å². The maximum absolute atomic E-state index is 12.4. The Morgan fingerprint density at radius 2 is 2.20 bits per heavy atom. The molecule has 0 radical (unpaired) electrons. The van der Waals surface area contributed by atoms with Crippen LogP contribution >= 0.6 is 0 Å². The van der Waals surface area contributed by atoms with Crippen molar-refractivity contribution in [1.82, 2.24) is 4.90 Å². The molecule has 0 saturated carbocycles. The molecule has 0 aromatic heterocycles. The average molecular weight is 274 g/mol. The zero-order valence-corrected chi connectivity index (χ0v) is 12.1. The highest BCUT2D eigenvalue weighted by atomic mass is 16.3. The summed E-state index contributed by atoms with van der Waals surface area (Å²) in [6.07, 6.45) is 0.589. The van der Waals surface area contributed by atoms with Crippen LogP contribution < -0.4 is 5.73 Å². The van der Waals surface area contributed by atoms with E-state index >= 15 is 0 Å². The number of hydrogen-bond acceptors (Lipinski definition) is 3. The van der Waals surface area contributed by atoms with Gasteiger partial charge in [-0.25, -0.2) is 0 Å². The Bertz CT molecular complexity index is 515. The predicted octanol–water partition coefficient (Wildman–Crippen LogP) is 1.15. The van der Waals surface area contributed by atoms with Crippen LogP contribution in [0.4, 0.5) is 0 Å². The molecule has 4 heteroatoms. The summed E-state index contributed by atoms with van der Waals surface area (Å²) in [6, 6.07) is 5.52. The van der Waals surface area contributed by atoms with E-state index in [9.17, 15) is 4.79 Å². The fraction of sp³-hybridized carbons (Fsp3) is 0.438. The minimum absolute atomic E-state index is 0.0308. The van der Waals surface area contributed by atoms with Gasteiger partial charge in [0.2, 0.25) is 0 Å². The topological polar surface area (TPSA) is 66.6 Å². The monoisotopic (exact) mass is 274 g/mol. The van der Waals surface area contributed by atoms with Gasteiger partial charge in [-0.05, 0) is 38.0 Å². The average Bonchev–Trinajstić information content (AvgIpc) is 2.47. The van der Waals surface area contributed by atoms with E-state index < -0.39 is 0 Å². The largest absolute Gasteiger partial charge is 0.396 e. The van der Waals surface area contributed by atoms with Gasteiger partial charge in [0.25, 0.3) is 5.91 Å². The van der Waals surface area contributed by atoms with E-state index in [-0.39, 0.29) is 12.5 Å². The molecule has 0 aliphatic heterocycles. The summed E-state index contributed by atoms with van der Waals surface area (Å²) in [7, 11) is 0. The van der Waals surface area contributed by atoms with Gasteiger partial charge in [0.1, 0.15) is 0 Å². The van der Waals surface area contributed by atoms with Gasteiger partial charge in [-0.3, -0.25) is 4.79 Å². The normalized spacial score (nSPS) is 9.80. The standard InChI is InChI=1S/C16H22N2O2/c1-3-18(10-5-11-19)16(20)15-8-7-13(2)14(12-15)6-4-9-17/h7-8,12,19H,3,5,9-11,17H2,1-2H3. The molecular weight excluding hydrogens is 252 g/mol. The van der Waals surface area contributed by atoms with Crippen molar-refractivity contribution < 1.29 is 9.90 Å². The maximum Gasteiger partial charge on any atom is 0.253 e. The van der Waals surface area contributed by atoms with Crippen molar-refractivity contribution in [2.75, 3.05) is 26.2 Å². The van der Waals surface area contributed by atoms with Crippen LogP contribution in [0.25, 0.3) is 0 Å². The minimum atomic E-state index is -0.0308. The van der Waals surface area contributed by atoms with Crippen LogP contribution in [0.2, 0.25) is 0 Å². The summed E-state index contributed by atoms with van der Waals surface area (Å²) in [5.74, 6) is 5.76. The number of nitrogens with two attached hydrogens (primary N) is 1. The lowest BCUT2D eigenvalue weighted by Crippen LogP contribution is -2.32. The Morgan fingerprint density at radius 1 is 1.45 bits per heavy atom. The lowest BCUT2D eigenvalue weighted by molar-refractivity contribution is 0.0754. The van der Waals surface area contributed by atoms with Crippen molar-refractivity contribution in [3.05, 3.63) is 34.9 Å². The third-order valence-corrected chi connectivity index (χ3v) is 3.06. The van der Waals surface area contributed by atoms with Crippen molar-refractivity contribution in [3.63, 3.8) is 0 Å². The molecule has 0 unspecified atom stereocenters. The number of aliphatic hydroxyl groups excluding tert-OH is 1. The molecule has 0 saturated heterocycles. The number of carbonyl (C=O) groups excluding carboxylic acids is 1. The molecule has 1 aromatic rings. The van der Waals surface area contributed by atoms with Crippen LogP contribution in [0.1, 0.15) is 34.8 Å². The zero-order valence-electron chi connectivity index (χ0n) is 12.1. The van der Waals surface area contributed by atoms with Crippen molar-refractivity contribution in [2.24, 2.45) is 5.73 Å². The molecular formula is C16H22N2O2. The summed E-state index contributed by atoms with van der Waals surface area (Å²) in [5, 5.41) is 8.87. The molecule has 0 atom stereocenters. The Hall–Kier alpha value is -1.83. The second kappa shape index (κ2) is 8.36. The Kier molecular flexibility index (Phi) is 6.78. The summed E-state index contributed by atoms with van der Waals surface area (Å²) in [5.41, 5.74) is 7.86. The van der Waals surface area contributed by atoms with Gasteiger partial charge in [0.15, 0.2) is 0 Å². The van der Waals surface area contributed by atoms with E-state index in [4.69, 9.17) is 10.8 Å². The predicted molar refractivity (Wildman–Crippen MR) is 80.4 cm³/mol. The van der Waals surface area contributed by atoms with E-state index in [0.717, 1.165) is 11.1 Å². The highest BCUT2D eigenvalue weighted by molar-refractivity contribution is 5.94. The zero-order chi connectivity index (χ0) is 15.0. The fourth-order valence-electron chi connectivity index (χ4n) is 1.88. The minimum Gasteiger partial charge on any atom is -0.396 e. The lowest BCUT2D eigenvalue weighted by Gasteiger charge is -2.20. The molecule has 108 valence electrons. The van der Waals surface area contributed by atoms with Gasteiger partial charge < -0.3 is 15.7 Å². The molecule has 1 rings (SSSR count). The summed E-state index contributed by atoms with van der Waals surface area (Å²) >= 11 is 0. The molecule has 0 fully saturated rings. The quantitative estimate of drug-likeness (QED) is 0.792. The molecule has 0 aliphatic carbocycles. The first-order valence-electron chi connectivity index (χ1n) is 6.83. The Balaban J connectivity index is 2.97. The number of hydrogen-bond donors (Lipinski definition) is 2. The lowest BCUT2D eigenvalue weighted by atomic mass is 10.0. The number of aryl methyl sites for hydroxylation is 1. The van der Waals surface area contributed by atoms with Gasteiger partial charge in [-0.15, -0.1) is 0 Å². The first kappa shape index (κ1) is 16.2. The van der Waals surface area contributed by atoms with Crippen LogP contribution in [0, 0.1) is 18.8 Å². The van der Waals surface area contributed by atoms with E-state index in [1.54, 1.807) is 4.90 Å². The summed E-state index contributed by atoms with van der Waals surface area (Å²) in [6.45, 7) is 5.46. The molecule has 0 bridgehead atoms. The number of amides is 1. The first-order valence-corrected chi connectivity index (χ1v) is 6.83. The number of benzene rings is 1. The SMILES string of the molecule is CCN(CCCO)C(=O)c1ccc(C)c(C#CCN)c1. The molecule has 4 nitrogen and oxygen atoms in total. The van der Waals surface area contributed by atoms with Crippen molar-refractivity contribution in [2.45, 2.75) is 20.3 Å². The van der Waals surface area contributed by atoms with Gasteiger partial charge in [0, 0.05) is 30.8 Å². The molecule has 0 aliphatic rings. The van der Waals surface area contributed by atoms with Crippen molar-refractivity contribution >= 4 is 5.91 Å². The molecule has 0 spiro atoms. The van der Waals surface area contributed by atoms with Gasteiger partial charge in [-0.1, -0.05) is 17.9 Å². The van der Waals surface area contributed by atoms with Gasteiger partial charge >= 0.3 is 0 Å². The van der Waals surface area contributed by atoms with Crippen molar-refractivity contribution in [3.8, 4) is 11.8 Å². The van der Waals surface area contributed by atoms with Crippen LogP contribution in [-0.2, 0) is 0 Å². The number of carbonyl (C=O) groups is 1. The second-order valence-corrected chi connectivity index (χ2v) is 4.50. The van der Waals surface area contributed by atoms with Crippen LogP contribution in [0.5, 0.6) is 0 Å². The second-order valence-electron chi connectivity index (χ2n) is 4.50. The number of aliphatic hydroxyl groups is 1. The van der Waals surface area contributed by atoms with E-state index in [1.807, 2.05) is 32.0 Å². The van der Waals surface area contributed by atoms with Gasteiger partial charge in [-0.2, -0.15) is 0 Å². The summed E-state index contributed by atoms with van der Waals surface area (Å²) < 4.78 is 0. The Labute approximate surface area is 120 Å². The highest BCUT2D eigenvalue weighted by Crippen LogP contribution is 2.12. The number of nitrogens with zero attached hydrogens (tertiary/aromatic N) is 1. The smallest absolute Gasteiger partial charge is 0.253 e. The molecule has 3 N–H and O–H groups in total. The summed E-state index contributed by atoms with van der Waals surface area (Å²) in [4.78, 5) is 14.1. The molecule has 20 heavy (non-hydrogen) atoms. The van der Waals surface area contributed by atoms with E-state index in [0.29, 0.717) is 31.6 Å². The first-order chi connectivity index (χ1) is 9.63. The van der Waals surface area contributed by atoms with Gasteiger partial charge in [0.05, 0.1) is 6.54 Å². The van der Waals surface area contributed by atoms with Crippen LogP contribution in [0.3, 0.4) is 0 Å².